The molecule has 0 aromatic heterocycles. The van der Waals surface area contributed by atoms with Crippen molar-refractivity contribution in [1.82, 2.24) is 5.32 Å². The molecule has 0 heterocycles. The Hall–Kier alpha value is -2.89. The molecule has 0 saturated heterocycles. The van der Waals surface area contributed by atoms with Crippen LogP contribution in [0.25, 0.3) is 11.1 Å². The van der Waals surface area contributed by atoms with Crippen molar-refractivity contribution in [3.8, 4) is 11.1 Å². The maximum atomic E-state index is 12.7. The van der Waals surface area contributed by atoms with Crippen LogP contribution in [0.3, 0.4) is 0 Å². The zero-order valence-corrected chi connectivity index (χ0v) is 12.7. The van der Waals surface area contributed by atoms with Crippen LogP contribution in [0.1, 0.15) is 18.4 Å². The number of fused-ring (bicyclic) bond motifs is 3. The molecular formula is C18H16FNO4. The van der Waals surface area contributed by atoms with E-state index in [1.165, 1.54) is 0 Å². The fourth-order valence-corrected chi connectivity index (χ4v) is 2.90. The Morgan fingerprint density at radius 2 is 1.71 bits per heavy atom. The topological polar surface area (TPSA) is 75.6 Å². The van der Waals surface area contributed by atoms with Crippen LogP contribution < -0.4 is 5.32 Å². The molecular weight excluding hydrogens is 313 g/mol. The van der Waals surface area contributed by atoms with Gasteiger partial charge < -0.3 is 15.2 Å². The summed E-state index contributed by atoms with van der Waals surface area (Å²) in [6, 6.07) is 12.7. The Bertz CT molecular complexity index is 783. The predicted molar refractivity (Wildman–Crippen MR) is 85.6 cm³/mol. The van der Waals surface area contributed by atoms with Gasteiger partial charge in [0.1, 0.15) is 13.3 Å². The van der Waals surface area contributed by atoms with Crippen molar-refractivity contribution in [2.45, 2.75) is 11.9 Å². The fourth-order valence-electron chi connectivity index (χ4n) is 2.90. The molecule has 1 aliphatic rings. The molecule has 24 heavy (non-hydrogen) atoms. The number of nitrogens with one attached hydrogen (secondary N) is 1. The molecule has 124 valence electrons. The lowest BCUT2D eigenvalue weighted by Crippen LogP contribution is -2.42. The number of rotatable bonds is 5. The SMILES string of the molecule is [2H]C(CF)(NC(=O)OCC1c2ccccc2-c2ccccc21)C(=O)O. The Labute approximate surface area is 139 Å². The number of ether oxygens (including phenoxy) is 1. The van der Waals surface area contributed by atoms with E-state index in [0.29, 0.717) is 0 Å². The van der Waals surface area contributed by atoms with E-state index in [1.54, 1.807) is 5.32 Å². The minimum absolute atomic E-state index is 0.0398. The molecule has 0 radical (unpaired) electrons. The molecule has 1 unspecified atom stereocenters. The lowest BCUT2D eigenvalue weighted by Gasteiger charge is -2.16. The Balaban J connectivity index is 1.76. The molecule has 0 bridgehead atoms. The highest BCUT2D eigenvalue weighted by Gasteiger charge is 2.29. The summed E-state index contributed by atoms with van der Waals surface area (Å²) in [7, 11) is 0. The minimum Gasteiger partial charge on any atom is -0.480 e. The highest BCUT2D eigenvalue weighted by Crippen LogP contribution is 2.44. The number of carbonyl (C=O) groups excluding carboxylic acids is 1. The van der Waals surface area contributed by atoms with Gasteiger partial charge in [-0.2, -0.15) is 0 Å². The number of amides is 1. The second-order valence-electron chi connectivity index (χ2n) is 5.37. The summed E-state index contributed by atoms with van der Waals surface area (Å²) in [5, 5.41) is 10.6. The highest BCUT2D eigenvalue weighted by molar-refractivity contribution is 5.81. The van der Waals surface area contributed by atoms with Crippen LogP contribution >= 0.6 is 0 Å². The molecule has 3 rings (SSSR count). The van der Waals surface area contributed by atoms with Crippen molar-refractivity contribution >= 4 is 12.1 Å². The summed E-state index contributed by atoms with van der Waals surface area (Å²) in [5.74, 6) is -1.99. The van der Waals surface area contributed by atoms with Crippen molar-refractivity contribution in [2.75, 3.05) is 13.3 Å². The first-order chi connectivity index (χ1) is 12.0. The van der Waals surface area contributed by atoms with Crippen LogP contribution in [0.15, 0.2) is 48.5 Å². The van der Waals surface area contributed by atoms with Gasteiger partial charge in [-0.15, -0.1) is 0 Å². The number of carboxylic acids is 1. The number of aliphatic carboxylic acids is 1. The van der Waals surface area contributed by atoms with E-state index in [9.17, 15) is 14.0 Å². The fraction of sp³-hybridized carbons (Fsp3) is 0.222. The zero-order chi connectivity index (χ0) is 18.0. The van der Waals surface area contributed by atoms with Gasteiger partial charge in [-0.25, -0.2) is 14.0 Å². The third-order valence-electron chi connectivity index (χ3n) is 3.99. The van der Waals surface area contributed by atoms with Gasteiger partial charge in [-0.1, -0.05) is 48.5 Å². The molecule has 5 nitrogen and oxygen atoms in total. The van der Waals surface area contributed by atoms with Crippen molar-refractivity contribution < 1.29 is 25.2 Å². The van der Waals surface area contributed by atoms with Crippen molar-refractivity contribution in [3.63, 3.8) is 0 Å². The molecule has 0 spiro atoms. The van der Waals surface area contributed by atoms with Crippen molar-refractivity contribution in [2.24, 2.45) is 0 Å². The predicted octanol–water partition coefficient (Wildman–Crippen LogP) is 2.95. The summed E-state index contributed by atoms with van der Waals surface area (Å²) in [5.41, 5.74) is 4.10. The molecule has 1 aliphatic carbocycles. The van der Waals surface area contributed by atoms with Crippen LogP contribution in [0.4, 0.5) is 9.18 Å². The third kappa shape index (κ3) is 2.95. The number of halogens is 1. The van der Waals surface area contributed by atoms with Crippen LogP contribution in [0, 0.1) is 0 Å². The summed E-state index contributed by atoms with van der Waals surface area (Å²) >= 11 is 0. The quantitative estimate of drug-likeness (QED) is 0.884. The van der Waals surface area contributed by atoms with Crippen LogP contribution in [-0.2, 0) is 9.53 Å². The molecule has 1 atom stereocenters. The molecule has 0 fully saturated rings. The number of benzene rings is 2. The molecule has 1 amide bonds. The summed E-state index contributed by atoms with van der Waals surface area (Å²) < 4.78 is 25.2. The average molecular weight is 330 g/mol. The number of hydrogen-bond acceptors (Lipinski definition) is 3. The third-order valence-corrected chi connectivity index (χ3v) is 3.99. The number of alkyl halides is 1. The highest BCUT2D eigenvalue weighted by atomic mass is 19.1. The number of carboxylic acid groups (broad SMARTS) is 1. The monoisotopic (exact) mass is 330 g/mol. The van der Waals surface area contributed by atoms with E-state index in [-0.39, 0.29) is 12.5 Å². The second kappa shape index (κ2) is 6.70. The maximum Gasteiger partial charge on any atom is 0.407 e. The van der Waals surface area contributed by atoms with Gasteiger partial charge in [0.25, 0.3) is 0 Å². The van der Waals surface area contributed by atoms with Crippen molar-refractivity contribution in [1.29, 1.82) is 0 Å². The summed E-state index contributed by atoms with van der Waals surface area (Å²) in [4.78, 5) is 22.7. The first-order valence-corrected chi connectivity index (χ1v) is 7.39. The van der Waals surface area contributed by atoms with E-state index in [0.717, 1.165) is 22.3 Å². The van der Waals surface area contributed by atoms with Gasteiger partial charge >= 0.3 is 12.1 Å². The lowest BCUT2D eigenvalue weighted by molar-refractivity contribution is -0.139. The zero-order valence-electron chi connectivity index (χ0n) is 13.7. The molecule has 0 saturated carbocycles. The summed E-state index contributed by atoms with van der Waals surface area (Å²) in [6.07, 6.45) is -1.14. The first-order valence-electron chi connectivity index (χ1n) is 7.89. The van der Waals surface area contributed by atoms with Crippen LogP contribution in [0.2, 0.25) is 0 Å². The molecule has 6 heteroatoms. The maximum absolute atomic E-state index is 12.7. The Morgan fingerprint density at radius 3 is 2.21 bits per heavy atom. The van der Waals surface area contributed by atoms with Crippen LogP contribution in [0.5, 0.6) is 0 Å². The van der Waals surface area contributed by atoms with E-state index in [1.807, 2.05) is 48.5 Å². The number of hydrogen-bond donors (Lipinski definition) is 2. The number of carbonyl (C=O) groups is 2. The Kier molecular flexibility index (Phi) is 4.10. The molecule has 2 N–H and O–H groups in total. The second-order valence-corrected chi connectivity index (χ2v) is 5.37. The molecule has 2 aromatic carbocycles. The normalized spacial score (nSPS) is 15.6. The Morgan fingerprint density at radius 1 is 1.17 bits per heavy atom. The van der Waals surface area contributed by atoms with Gasteiger partial charge in [0, 0.05) is 5.92 Å². The van der Waals surface area contributed by atoms with E-state index in [2.05, 4.69) is 0 Å². The van der Waals surface area contributed by atoms with Crippen molar-refractivity contribution in [3.05, 3.63) is 59.7 Å². The first kappa shape index (κ1) is 14.7. The van der Waals surface area contributed by atoms with E-state index in [4.69, 9.17) is 11.2 Å². The minimum atomic E-state index is -2.75. The largest absolute Gasteiger partial charge is 0.480 e. The average Bonchev–Trinajstić information content (AvgIpc) is 2.94. The van der Waals surface area contributed by atoms with E-state index >= 15 is 0 Å². The summed E-state index contributed by atoms with van der Waals surface area (Å²) in [6.45, 7) is -1.60. The smallest absolute Gasteiger partial charge is 0.407 e. The van der Waals surface area contributed by atoms with Gasteiger partial charge in [-0.05, 0) is 22.3 Å². The van der Waals surface area contributed by atoms with Gasteiger partial charge in [0.15, 0.2) is 6.02 Å². The van der Waals surface area contributed by atoms with Gasteiger partial charge in [-0.3, -0.25) is 0 Å². The lowest BCUT2D eigenvalue weighted by atomic mass is 9.98. The van der Waals surface area contributed by atoms with Crippen LogP contribution in [-0.4, -0.2) is 36.5 Å². The molecule has 0 aliphatic heterocycles. The van der Waals surface area contributed by atoms with E-state index < -0.39 is 24.8 Å². The van der Waals surface area contributed by atoms with Gasteiger partial charge in [0.2, 0.25) is 0 Å². The van der Waals surface area contributed by atoms with Gasteiger partial charge in [0.05, 0.1) is 1.37 Å². The number of alkyl carbamates (subject to hydrolysis) is 1. The standard InChI is InChI=1S/C18H16FNO4/c19-9-16(17(21)22)20-18(23)24-10-15-13-7-3-1-5-11(13)12-6-2-4-8-14(12)15/h1-8,15-16H,9-10H2,(H,20,23)(H,21,22)/i16D. The molecule has 2 aromatic rings.